The zero-order valence-corrected chi connectivity index (χ0v) is 13.2. The Kier molecular flexibility index (Phi) is 4.31. The summed E-state index contributed by atoms with van der Waals surface area (Å²) in [6.07, 6.45) is 5.14. The van der Waals surface area contributed by atoms with Crippen molar-refractivity contribution in [1.82, 2.24) is 4.72 Å². The van der Waals surface area contributed by atoms with Crippen LogP contribution in [0.15, 0.2) is 33.7 Å². The lowest BCUT2D eigenvalue weighted by Crippen LogP contribution is -2.33. The van der Waals surface area contributed by atoms with Gasteiger partial charge in [0.05, 0.1) is 10.5 Å². The van der Waals surface area contributed by atoms with E-state index in [9.17, 15) is 13.2 Å². The minimum atomic E-state index is -3.72. The zero-order valence-electron chi connectivity index (χ0n) is 10.8. The highest BCUT2D eigenvalue weighted by atomic mass is 79.9. The number of carbonyl (C=O) groups is 1. The maximum Gasteiger partial charge on any atom is 0.336 e. The average Bonchev–Trinajstić information content (AvgIpc) is 2.83. The highest BCUT2D eigenvalue weighted by Gasteiger charge is 2.23. The Labute approximate surface area is 125 Å². The number of hydrogen-bond donors (Lipinski definition) is 2. The van der Waals surface area contributed by atoms with E-state index in [4.69, 9.17) is 5.11 Å². The van der Waals surface area contributed by atoms with Gasteiger partial charge in [0, 0.05) is 10.5 Å². The second-order valence-electron chi connectivity index (χ2n) is 4.64. The van der Waals surface area contributed by atoms with Crippen LogP contribution in [0.1, 0.15) is 28.8 Å². The third kappa shape index (κ3) is 3.11. The molecule has 1 aliphatic rings. The average molecular weight is 360 g/mol. The maximum atomic E-state index is 12.3. The molecule has 0 spiro atoms. The summed E-state index contributed by atoms with van der Waals surface area (Å²) in [7, 11) is -3.72. The second kappa shape index (κ2) is 5.67. The molecule has 5 nitrogen and oxygen atoms in total. The molecule has 0 heterocycles. The lowest BCUT2D eigenvalue weighted by molar-refractivity contribution is 0.0695. The fraction of sp³-hybridized carbons (Fsp3) is 0.308. The molecule has 2 rings (SSSR count). The van der Waals surface area contributed by atoms with E-state index in [1.807, 2.05) is 12.2 Å². The SMILES string of the molecule is Cc1c(Br)cc(S(=O)(=O)NC2CC=CC2)cc1C(=O)O. The molecule has 1 aromatic carbocycles. The van der Waals surface area contributed by atoms with Crippen molar-refractivity contribution in [3.8, 4) is 0 Å². The van der Waals surface area contributed by atoms with Gasteiger partial charge in [0.1, 0.15) is 0 Å². The molecule has 0 fully saturated rings. The van der Waals surface area contributed by atoms with Gasteiger partial charge < -0.3 is 5.11 Å². The summed E-state index contributed by atoms with van der Waals surface area (Å²) in [6.45, 7) is 1.62. The first-order valence-electron chi connectivity index (χ1n) is 6.02. The van der Waals surface area contributed by atoms with E-state index in [0.717, 1.165) is 0 Å². The lowest BCUT2D eigenvalue weighted by Gasteiger charge is -2.14. The van der Waals surface area contributed by atoms with Crippen molar-refractivity contribution in [2.75, 3.05) is 0 Å². The quantitative estimate of drug-likeness (QED) is 0.808. The zero-order chi connectivity index (χ0) is 14.9. The van der Waals surface area contributed by atoms with Gasteiger partial charge in [-0.05, 0) is 37.5 Å². The molecule has 2 N–H and O–H groups in total. The first-order chi connectivity index (χ1) is 9.31. The van der Waals surface area contributed by atoms with Gasteiger partial charge in [0.15, 0.2) is 0 Å². The van der Waals surface area contributed by atoms with Crippen molar-refractivity contribution in [3.63, 3.8) is 0 Å². The predicted octanol–water partition coefficient (Wildman–Crippen LogP) is 2.45. The number of carboxylic acids is 1. The molecule has 0 saturated carbocycles. The van der Waals surface area contributed by atoms with Crippen molar-refractivity contribution in [3.05, 3.63) is 39.9 Å². The molecule has 0 aromatic heterocycles. The Morgan fingerprint density at radius 3 is 2.50 bits per heavy atom. The number of rotatable bonds is 4. The fourth-order valence-electron chi connectivity index (χ4n) is 2.03. The minimum Gasteiger partial charge on any atom is -0.478 e. The standard InChI is InChI=1S/C13H14BrNO4S/c1-8-11(13(16)17)6-10(7-12(8)14)20(18,19)15-9-4-2-3-5-9/h2-3,6-7,9,15H,4-5H2,1H3,(H,16,17). The van der Waals surface area contributed by atoms with Gasteiger partial charge in [-0.15, -0.1) is 0 Å². The Morgan fingerprint density at radius 1 is 1.35 bits per heavy atom. The molecule has 0 unspecified atom stereocenters. The van der Waals surface area contributed by atoms with E-state index in [0.29, 0.717) is 22.9 Å². The highest BCUT2D eigenvalue weighted by Crippen LogP contribution is 2.25. The van der Waals surface area contributed by atoms with Crippen LogP contribution in [0.5, 0.6) is 0 Å². The van der Waals surface area contributed by atoms with Gasteiger partial charge in [0.2, 0.25) is 10.0 Å². The molecule has 108 valence electrons. The first-order valence-corrected chi connectivity index (χ1v) is 8.29. The van der Waals surface area contributed by atoms with Gasteiger partial charge in [-0.25, -0.2) is 17.9 Å². The van der Waals surface area contributed by atoms with Crippen LogP contribution < -0.4 is 4.72 Å². The van der Waals surface area contributed by atoms with Crippen LogP contribution in [0.4, 0.5) is 0 Å². The van der Waals surface area contributed by atoms with Crippen LogP contribution >= 0.6 is 15.9 Å². The number of nitrogens with one attached hydrogen (secondary N) is 1. The number of carboxylic acid groups (broad SMARTS) is 1. The molecule has 1 aromatic rings. The minimum absolute atomic E-state index is 0.0238. The third-order valence-electron chi connectivity index (χ3n) is 3.19. The van der Waals surface area contributed by atoms with Crippen molar-refractivity contribution in [1.29, 1.82) is 0 Å². The molecular formula is C13H14BrNO4S. The third-order valence-corrected chi connectivity index (χ3v) is 5.51. The summed E-state index contributed by atoms with van der Waals surface area (Å²) in [6, 6.07) is 2.45. The Bertz CT molecular complexity index is 674. The van der Waals surface area contributed by atoms with Crippen molar-refractivity contribution in [2.24, 2.45) is 0 Å². The summed E-state index contributed by atoms with van der Waals surface area (Å²) >= 11 is 3.20. The van der Waals surface area contributed by atoms with Crippen molar-refractivity contribution in [2.45, 2.75) is 30.7 Å². The largest absolute Gasteiger partial charge is 0.478 e. The monoisotopic (exact) mass is 359 g/mol. The van der Waals surface area contributed by atoms with E-state index < -0.39 is 16.0 Å². The first kappa shape index (κ1) is 15.2. The number of aromatic carboxylic acids is 1. The van der Waals surface area contributed by atoms with E-state index in [1.54, 1.807) is 6.92 Å². The summed E-state index contributed by atoms with van der Waals surface area (Å²) < 4.78 is 27.6. The molecule has 0 aliphatic heterocycles. The van der Waals surface area contributed by atoms with Gasteiger partial charge in [-0.1, -0.05) is 28.1 Å². The predicted molar refractivity (Wildman–Crippen MR) is 78.3 cm³/mol. The molecular weight excluding hydrogens is 346 g/mol. The maximum absolute atomic E-state index is 12.3. The number of benzene rings is 1. The molecule has 0 radical (unpaired) electrons. The van der Waals surface area contributed by atoms with Crippen LogP contribution in [0, 0.1) is 6.92 Å². The summed E-state index contributed by atoms with van der Waals surface area (Å²) in [5.41, 5.74) is 0.475. The molecule has 0 saturated heterocycles. The molecule has 20 heavy (non-hydrogen) atoms. The van der Waals surface area contributed by atoms with Crippen LogP contribution in [-0.2, 0) is 10.0 Å². The van der Waals surface area contributed by atoms with Gasteiger partial charge in [-0.2, -0.15) is 0 Å². The lowest BCUT2D eigenvalue weighted by atomic mass is 10.1. The van der Waals surface area contributed by atoms with Crippen LogP contribution in [-0.4, -0.2) is 25.5 Å². The van der Waals surface area contributed by atoms with Crippen molar-refractivity contribution < 1.29 is 18.3 Å². The van der Waals surface area contributed by atoms with Crippen LogP contribution in [0.2, 0.25) is 0 Å². The fourth-order valence-corrected chi connectivity index (χ4v) is 3.96. The second-order valence-corrected chi connectivity index (χ2v) is 7.21. The van der Waals surface area contributed by atoms with E-state index >= 15 is 0 Å². The molecule has 0 amide bonds. The molecule has 1 aliphatic carbocycles. The number of halogens is 1. The van der Waals surface area contributed by atoms with Gasteiger partial charge in [0.25, 0.3) is 0 Å². The molecule has 0 atom stereocenters. The van der Waals surface area contributed by atoms with E-state index in [2.05, 4.69) is 20.7 Å². The van der Waals surface area contributed by atoms with Crippen LogP contribution in [0.3, 0.4) is 0 Å². The summed E-state index contributed by atoms with van der Waals surface area (Å²) in [4.78, 5) is 11.1. The Morgan fingerprint density at radius 2 is 1.95 bits per heavy atom. The van der Waals surface area contributed by atoms with Crippen molar-refractivity contribution >= 4 is 31.9 Å². The number of hydrogen-bond acceptors (Lipinski definition) is 3. The highest BCUT2D eigenvalue weighted by molar-refractivity contribution is 9.10. The summed E-state index contributed by atoms with van der Waals surface area (Å²) in [5, 5.41) is 9.12. The Hall–Kier alpha value is -1.18. The van der Waals surface area contributed by atoms with Crippen LogP contribution in [0.25, 0.3) is 0 Å². The molecule has 0 bridgehead atoms. The normalized spacial score (nSPS) is 15.7. The smallest absolute Gasteiger partial charge is 0.336 e. The van der Waals surface area contributed by atoms with Gasteiger partial charge >= 0.3 is 5.97 Å². The Balaban J connectivity index is 2.38. The molecule has 7 heteroatoms. The topological polar surface area (TPSA) is 83.5 Å². The van der Waals surface area contributed by atoms with E-state index in [1.165, 1.54) is 12.1 Å². The van der Waals surface area contributed by atoms with E-state index in [-0.39, 0.29) is 16.5 Å². The summed E-state index contributed by atoms with van der Waals surface area (Å²) in [5.74, 6) is -1.15. The number of sulfonamides is 1. The van der Waals surface area contributed by atoms with Gasteiger partial charge in [-0.3, -0.25) is 0 Å².